The number of nitrogens with one attached hydrogen (secondary N) is 2. The number of rotatable bonds is 5. The van der Waals surface area contributed by atoms with E-state index in [9.17, 15) is 4.79 Å². The van der Waals surface area contributed by atoms with Gasteiger partial charge in [0.1, 0.15) is 0 Å². The number of morpholine rings is 1. The van der Waals surface area contributed by atoms with E-state index in [2.05, 4.69) is 22.5 Å². The first-order valence-electron chi connectivity index (χ1n) is 6.67. The summed E-state index contributed by atoms with van der Waals surface area (Å²) in [4.78, 5) is 17.4. The molecule has 1 aromatic rings. The van der Waals surface area contributed by atoms with Crippen LogP contribution in [0, 0.1) is 13.8 Å². The molecule has 1 aliphatic heterocycles. The van der Waals surface area contributed by atoms with Crippen molar-refractivity contribution in [3.05, 3.63) is 15.6 Å². The van der Waals surface area contributed by atoms with Crippen LogP contribution in [0.2, 0.25) is 0 Å². The molecule has 0 saturated carbocycles. The van der Waals surface area contributed by atoms with Crippen LogP contribution in [-0.2, 0) is 16.0 Å². The number of amides is 1. The predicted octanol–water partition coefficient (Wildman–Crippen LogP) is 0.797. The highest BCUT2D eigenvalue weighted by Gasteiger charge is 2.16. The van der Waals surface area contributed by atoms with Crippen LogP contribution in [0.4, 0.5) is 0 Å². The SMILES string of the molecule is Cc1nc(CCNC(=O)CC2CNCCO2)sc1C. The highest BCUT2D eigenvalue weighted by atomic mass is 32.1. The van der Waals surface area contributed by atoms with Crippen molar-refractivity contribution >= 4 is 17.2 Å². The molecule has 0 radical (unpaired) electrons. The van der Waals surface area contributed by atoms with Crippen molar-refractivity contribution in [2.45, 2.75) is 32.8 Å². The molecule has 1 amide bonds. The van der Waals surface area contributed by atoms with Crippen molar-refractivity contribution in [3.8, 4) is 0 Å². The minimum atomic E-state index is 0.0121. The largest absolute Gasteiger partial charge is 0.375 e. The molecule has 19 heavy (non-hydrogen) atoms. The molecule has 1 aliphatic rings. The third kappa shape index (κ3) is 4.56. The Kier molecular flexibility index (Phi) is 5.30. The Labute approximate surface area is 117 Å². The highest BCUT2D eigenvalue weighted by Crippen LogP contribution is 2.16. The van der Waals surface area contributed by atoms with Crippen LogP contribution in [-0.4, -0.2) is 43.2 Å². The molecule has 0 aromatic carbocycles. The number of carbonyl (C=O) groups is 1. The summed E-state index contributed by atoms with van der Waals surface area (Å²) < 4.78 is 5.50. The van der Waals surface area contributed by atoms with Crippen molar-refractivity contribution in [2.75, 3.05) is 26.2 Å². The summed E-state index contributed by atoms with van der Waals surface area (Å²) in [5.74, 6) is 0.0544. The van der Waals surface area contributed by atoms with E-state index < -0.39 is 0 Å². The number of aromatic nitrogens is 1. The van der Waals surface area contributed by atoms with Gasteiger partial charge in [-0.2, -0.15) is 0 Å². The van der Waals surface area contributed by atoms with Gasteiger partial charge >= 0.3 is 0 Å². The van der Waals surface area contributed by atoms with E-state index in [4.69, 9.17) is 4.74 Å². The highest BCUT2D eigenvalue weighted by molar-refractivity contribution is 7.11. The zero-order valence-electron chi connectivity index (χ0n) is 11.5. The monoisotopic (exact) mass is 283 g/mol. The van der Waals surface area contributed by atoms with Gasteiger partial charge in [-0.05, 0) is 13.8 Å². The summed E-state index contributed by atoms with van der Waals surface area (Å²) in [5, 5.41) is 7.23. The lowest BCUT2D eigenvalue weighted by Crippen LogP contribution is -2.41. The van der Waals surface area contributed by atoms with Gasteiger partial charge in [-0.25, -0.2) is 4.98 Å². The first-order chi connectivity index (χ1) is 9.15. The first kappa shape index (κ1) is 14.4. The van der Waals surface area contributed by atoms with E-state index in [-0.39, 0.29) is 12.0 Å². The Morgan fingerprint density at radius 2 is 2.42 bits per heavy atom. The topological polar surface area (TPSA) is 63.2 Å². The minimum Gasteiger partial charge on any atom is -0.375 e. The smallest absolute Gasteiger partial charge is 0.222 e. The van der Waals surface area contributed by atoms with Gasteiger partial charge in [-0.3, -0.25) is 4.79 Å². The van der Waals surface area contributed by atoms with Gasteiger partial charge < -0.3 is 15.4 Å². The van der Waals surface area contributed by atoms with Crippen molar-refractivity contribution in [1.82, 2.24) is 15.6 Å². The molecule has 0 aliphatic carbocycles. The van der Waals surface area contributed by atoms with Crippen LogP contribution in [0.5, 0.6) is 0 Å². The Morgan fingerprint density at radius 1 is 1.58 bits per heavy atom. The molecule has 106 valence electrons. The number of aryl methyl sites for hydroxylation is 2. The summed E-state index contributed by atoms with van der Waals surface area (Å²) in [6, 6.07) is 0. The lowest BCUT2D eigenvalue weighted by molar-refractivity contribution is -0.124. The predicted molar refractivity (Wildman–Crippen MR) is 75.5 cm³/mol. The standard InChI is InChI=1S/C13H21N3O2S/c1-9-10(2)19-13(16-9)3-4-15-12(17)7-11-8-14-5-6-18-11/h11,14H,3-8H2,1-2H3,(H,15,17). The summed E-state index contributed by atoms with van der Waals surface area (Å²) in [7, 11) is 0. The van der Waals surface area contributed by atoms with Crippen molar-refractivity contribution in [2.24, 2.45) is 0 Å². The Hall–Kier alpha value is -0.980. The lowest BCUT2D eigenvalue weighted by atomic mass is 10.2. The minimum absolute atomic E-state index is 0.0121. The third-order valence-corrected chi connectivity index (χ3v) is 4.28. The van der Waals surface area contributed by atoms with E-state index >= 15 is 0 Å². The molecular formula is C13H21N3O2S. The summed E-state index contributed by atoms with van der Waals surface area (Å²) in [5.41, 5.74) is 1.09. The zero-order chi connectivity index (χ0) is 13.7. The number of nitrogens with zero attached hydrogens (tertiary/aromatic N) is 1. The Balaban J connectivity index is 1.66. The Morgan fingerprint density at radius 3 is 3.05 bits per heavy atom. The number of hydrogen-bond donors (Lipinski definition) is 2. The number of ether oxygens (including phenoxy) is 1. The fraction of sp³-hybridized carbons (Fsp3) is 0.692. The average molecular weight is 283 g/mol. The average Bonchev–Trinajstić information content (AvgIpc) is 2.70. The molecule has 2 rings (SSSR count). The van der Waals surface area contributed by atoms with Crippen molar-refractivity contribution in [1.29, 1.82) is 0 Å². The van der Waals surface area contributed by atoms with Crippen LogP contribution in [0.1, 0.15) is 22.0 Å². The molecule has 0 spiro atoms. The Bertz CT molecular complexity index is 408. The molecule has 1 atom stereocenters. The molecule has 5 nitrogen and oxygen atoms in total. The molecule has 2 N–H and O–H groups in total. The normalized spacial score (nSPS) is 19.4. The van der Waals surface area contributed by atoms with Gasteiger partial charge in [0.15, 0.2) is 0 Å². The second-order valence-electron chi connectivity index (χ2n) is 4.75. The summed E-state index contributed by atoms with van der Waals surface area (Å²) in [6.07, 6.45) is 1.25. The van der Waals surface area contributed by atoms with Crippen LogP contribution >= 0.6 is 11.3 Å². The molecule has 1 aromatic heterocycles. The van der Waals surface area contributed by atoms with Crippen LogP contribution in [0.3, 0.4) is 0 Å². The maximum atomic E-state index is 11.7. The molecule has 1 saturated heterocycles. The first-order valence-corrected chi connectivity index (χ1v) is 7.48. The zero-order valence-corrected chi connectivity index (χ0v) is 12.3. The van der Waals surface area contributed by atoms with E-state index in [0.29, 0.717) is 19.6 Å². The van der Waals surface area contributed by atoms with Gasteiger partial charge in [0.25, 0.3) is 0 Å². The van der Waals surface area contributed by atoms with E-state index in [0.717, 1.165) is 30.2 Å². The van der Waals surface area contributed by atoms with Crippen LogP contribution < -0.4 is 10.6 Å². The van der Waals surface area contributed by atoms with Gasteiger partial charge in [-0.1, -0.05) is 0 Å². The van der Waals surface area contributed by atoms with E-state index in [1.807, 2.05) is 6.92 Å². The summed E-state index contributed by atoms with van der Waals surface area (Å²) >= 11 is 1.70. The van der Waals surface area contributed by atoms with Crippen LogP contribution in [0.25, 0.3) is 0 Å². The van der Waals surface area contributed by atoms with E-state index in [1.165, 1.54) is 4.88 Å². The number of carbonyl (C=O) groups excluding carboxylic acids is 1. The molecule has 0 bridgehead atoms. The van der Waals surface area contributed by atoms with Crippen molar-refractivity contribution in [3.63, 3.8) is 0 Å². The second kappa shape index (κ2) is 6.98. The maximum Gasteiger partial charge on any atom is 0.222 e. The molecule has 1 fully saturated rings. The van der Waals surface area contributed by atoms with Crippen molar-refractivity contribution < 1.29 is 9.53 Å². The fourth-order valence-corrected chi connectivity index (χ4v) is 2.92. The quantitative estimate of drug-likeness (QED) is 0.839. The van der Waals surface area contributed by atoms with Gasteiger partial charge in [0, 0.05) is 30.9 Å². The summed E-state index contributed by atoms with van der Waals surface area (Å²) in [6.45, 7) is 7.06. The molecule has 2 heterocycles. The second-order valence-corrected chi connectivity index (χ2v) is 6.04. The molecule has 6 heteroatoms. The fourth-order valence-electron chi connectivity index (χ4n) is 1.98. The van der Waals surface area contributed by atoms with Gasteiger partial charge in [0.05, 0.1) is 29.8 Å². The number of hydrogen-bond acceptors (Lipinski definition) is 5. The third-order valence-electron chi connectivity index (χ3n) is 3.15. The van der Waals surface area contributed by atoms with E-state index in [1.54, 1.807) is 11.3 Å². The number of thiazole rings is 1. The maximum absolute atomic E-state index is 11.7. The van der Waals surface area contributed by atoms with Gasteiger partial charge in [-0.15, -0.1) is 11.3 Å². The lowest BCUT2D eigenvalue weighted by Gasteiger charge is -2.22. The van der Waals surface area contributed by atoms with Gasteiger partial charge in [0.2, 0.25) is 5.91 Å². The van der Waals surface area contributed by atoms with Crippen LogP contribution in [0.15, 0.2) is 0 Å². The molecular weight excluding hydrogens is 262 g/mol. The molecule has 1 unspecified atom stereocenters.